The van der Waals surface area contributed by atoms with Crippen LogP contribution in [0, 0.1) is 17.5 Å². The summed E-state index contributed by atoms with van der Waals surface area (Å²) in [5, 5.41) is 13.4. The maximum atomic E-state index is 15.1. The fraction of sp³-hybridized carbons (Fsp3) is 0.200. The number of nitrogens with zero attached hydrogens (tertiary/aromatic N) is 4. The number of benzene rings is 2. The van der Waals surface area contributed by atoms with E-state index in [2.05, 4.69) is 5.16 Å². The van der Waals surface area contributed by atoms with E-state index in [1.165, 1.54) is 12.1 Å². The lowest BCUT2D eigenvalue weighted by molar-refractivity contribution is -0.114. The van der Waals surface area contributed by atoms with Gasteiger partial charge in [-0.15, -0.1) is 0 Å². The Morgan fingerprint density at radius 3 is 2.62 bits per heavy atom. The lowest BCUT2D eigenvalue weighted by Gasteiger charge is -2.27. The van der Waals surface area contributed by atoms with E-state index in [1.807, 2.05) is 0 Å². The van der Waals surface area contributed by atoms with Crippen molar-refractivity contribution in [1.29, 1.82) is 0 Å². The lowest BCUT2D eigenvalue weighted by Crippen LogP contribution is -2.34. The quantitative estimate of drug-likeness (QED) is 0.281. The van der Waals surface area contributed by atoms with Crippen LogP contribution in [0.4, 0.5) is 35.2 Å². The highest BCUT2D eigenvalue weighted by Crippen LogP contribution is 2.50. The molecule has 1 fully saturated rings. The van der Waals surface area contributed by atoms with Crippen molar-refractivity contribution in [2.24, 2.45) is 0 Å². The van der Waals surface area contributed by atoms with Gasteiger partial charge in [0.1, 0.15) is 29.4 Å². The molecule has 1 amide bonds. The minimum atomic E-state index is -5.14. The largest absolute Gasteiger partial charge is 0.507 e. The molecular weight excluding hydrogens is 588 g/mol. The molecule has 42 heavy (non-hydrogen) atoms. The lowest BCUT2D eigenvalue weighted by atomic mass is 10.1. The fourth-order valence-electron chi connectivity index (χ4n) is 4.31. The summed E-state index contributed by atoms with van der Waals surface area (Å²) in [5.41, 5.74) is -1.97. The Morgan fingerprint density at radius 2 is 1.95 bits per heavy atom. The van der Waals surface area contributed by atoms with E-state index < -0.39 is 79.1 Å². The zero-order valence-corrected chi connectivity index (χ0v) is 22.1. The van der Waals surface area contributed by atoms with Gasteiger partial charge in [0.05, 0.1) is 18.8 Å². The summed E-state index contributed by atoms with van der Waals surface area (Å²) in [5.74, 6) is -6.88. The van der Waals surface area contributed by atoms with Crippen LogP contribution in [0.5, 0.6) is 5.75 Å². The second-order valence-electron chi connectivity index (χ2n) is 9.02. The number of para-hydroxylation sites is 1. The van der Waals surface area contributed by atoms with Gasteiger partial charge < -0.3 is 23.8 Å². The van der Waals surface area contributed by atoms with E-state index in [0.717, 1.165) is 41.6 Å². The molecule has 2 N–H and O–H groups in total. The summed E-state index contributed by atoms with van der Waals surface area (Å²) < 4.78 is 73.5. The number of aromatic hydroxyl groups is 1. The highest BCUT2D eigenvalue weighted by molar-refractivity contribution is 7.55. The van der Waals surface area contributed by atoms with E-state index in [-0.39, 0.29) is 24.6 Å². The maximum Gasteiger partial charge on any atom is 0.490 e. The van der Waals surface area contributed by atoms with Crippen LogP contribution in [0.1, 0.15) is 16.8 Å². The Morgan fingerprint density at radius 1 is 1.19 bits per heavy atom. The first-order valence-electron chi connectivity index (χ1n) is 12.1. The van der Waals surface area contributed by atoms with Crippen molar-refractivity contribution in [3.63, 3.8) is 0 Å². The zero-order chi connectivity index (χ0) is 30.2. The van der Waals surface area contributed by atoms with E-state index >= 15 is 8.78 Å². The van der Waals surface area contributed by atoms with Crippen LogP contribution >= 0.6 is 7.75 Å². The number of cyclic esters (lactones) is 1. The molecular formula is C25H20F3N4O9P. The van der Waals surface area contributed by atoms with Crippen LogP contribution in [-0.2, 0) is 18.6 Å². The topological polar surface area (TPSA) is 163 Å². The van der Waals surface area contributed by atoms with Crippen LogP contribution in [0.2, 0.25) is 0 Å². The van der Waals surface area contributed by atoms with Crippen LogP contribution in [-0.4, -0.2) is 58.7 Å². The third kappa shape index (κ3) is 5.53. The molecule has 0 aliphatic carbocycles. The van der Waals surface area contributed by atoms with Gasteiger partial charge in [0.15, 0.2) is 29.1 Å². The number of amides is 1. The first kappa shape index (κ1) is 28.7. The average Bonchev–Trinajstić information content (AvgIpc) is 3.60. The summed E-state index contributed by atoms with van der Waals surface area (Å²) in [6.45, 7) is -1.31. The van der Waals surface area contributed by atoms with Crippen molar-refractivity contribution in [2.45, 2.75) is 12.5 Å². The van der Waals surface area contributed by atoms with E-state index in [4.69, 9.17) is 13.8 Å². The number of allylic oxidation sites excluding steroid dienone is 1. The summed E-state index contributed by atoms with van der Waals surface area (Å²) in [6.07, 6.45) is 0.641. The van der Waals surface area contributed by atoms with Crippen molar-refractivity contribution in [2.75, 3.05) is 34.1 Å². The third-order valence-corrected chi connectivity index (χ3v) is 7.68. The van der Waals surface area contributed by atoms with E-state index in [1.54, 1.807) is 0 Å². The normalized spacial score (nSPS) is 18.1. The average molecular weight is 608 g/mol. The number of rotatable bonds is 8. The molecule has 0 radical (unpaired) electrons. The number of phenols is 1. The summed E-state index contributed by atoms with van der Waals surface area (Å²) in [6, 6.07) is 6.81. The van der Waals surface area contributed by atoms with Gasteiger partial charge in [-0.25, -0.2) is 32.0 Å². The van der Waals surface area contributed by atoms with Gasteiger partial charge in [-0.3, -0.25) is 14.6 Å². The molecule has 1 aromatic heterocycles. The molecule has 1 unspecified atom stereocenters. The zero-order valence-electron chi connectivity index (χ0n) is 21.2. The molecule has 0 saturated carbocycles. The number of anilines is 3. The van der Waals surface area contributed by atoms with Crippen molar-refractivity contribution in [3.8, 4) is 5.75 Å². The maximum absolute atomic E-state index is 15.1. The van der Waals surface area contributed by atoms with Gasteiger partial charge in [0.25, 0.3) is 0 Å². The predicted molar refractivity (Wildman–Crippen MR) is 137 cm³/mol. The molecule has 3 aromatic rings. The van der Waals surface area contributed by atoms with Crippen molar-refractivity contribution in [3.05, 3.63) is 78.0 Å². The fourth-order valence-corrected chi connectivity index (χ4v) is 5.47. The highest BCUT2D eigenvalue weighted by Gasteiger charge is 2.43. The number of hydrogen-bond donors (Lipinski definition) is 2. The Labute approximate surface area is 234 Å². The molecule has 0 bridgehead atoms. The molecule has 2 aliphatic rings. The van der Waals surface area contributed by atoms with Gasteiger partial charge in [-0.2, -0.15) is 0 Å². The second kappa shape index (κ2) is 11.2. The monoisotopic (exact) mass is 608 g/mol. The highest BCUT2D eigenvalue weighted by atomic mass is 31.2. The molecule has 1 saturated heterocycles. The number of ether oxygens (including phenoxy) is 1. The van der Waals surface area contributed by atoms with E-state index in [0.29, 0.717) is 15.6 Å². The number of carbonyl (C=O) groups is 3. The van der Waals surface area contributed by atoms with Crippen LogP contribution in [0.3, 0.4) is 0 Å². The van der Waals surface area contributed by atoms with Gasteiger partial charge in [-0.05, 0) is 18.2 Å². The SMILES string of the molecule is O=C1C=CN(c2c(F)cc(N3C[C@H](CN(c4ccon4)P(=O)(O)OC(=O)c4ccccc4O)OC3=O)c(F)c2F)CC1. The molecule has 13 nitrogen and oxygen atoms in total. The first-order valence-corrected chi connectivity index (χ1v) is 13.7. The Kier molecular flexibility index (Phi) is 7.67. The molecule has 2 atom stereocenters. The predicted octanol–water partition coefficient (Wildman–Crippen LogP) is 3.88. The van der Waals surface area contributed by atoms with Gasteiger partial charge in [0.2, 0.25) is 0 Å². The van der Waals surface area contributed by atoms with Gasteiger partial charge in [-0.1, -0.05) is 17.3 Å². The molecule has 2 aromatic carbocycles. The van der Waals surface area contributed by atoms with Gasteiger partial charge >= 0.3 is 19.8 Å². The second-order valence-corrected chi connectivity index (χ2v) is 10.7. The smallest absolute Gasteiger partial charge is 0.490 e. The molecule has 3 heterocycles. The number of carbonyl (C=O) groups excluding carboxylic acids is 3. The molecule has 2 aliphatic heterocycles. The summed E-state index contributed by atoms with van der Waals surface area (Å²) in [4.78, 5) is 48.9. The Bertz CT molecular complexity index is 1640. The number of halogens is 3. The molecule has 0 spiro atoms. The first-order chi connectivity index (χ1) is 20.0. The van der Waals surface area contributed by atoms with Crippen LogP contribution < -0.4 is 14.5 Å². The van der Waals surface area contributed by atoms with Crippen molar-refractivity contribution < 1.29 is 55.9 Å². The van der Waals surface area contributed by atoms with Crippen LogP contribution in [0.25, 0.3) is 0 Å². The van der Waals surface area contributed by atoms with Crippen molar-refractivity contribution >= 4 is 42.8 Å². The molecule has 220 valence electrons. The summed E-state index contributed by atoms with van der Waals surface area (Å²) >= 11 is 0. The molecule has 5 rings (SSSR count). The van der Waals surface area contributed by atoms with Crippen LogP contribution in [0.15, 0.2) is 59.5 Å². The molecule has 17 heteroatoms. The third-order valence-electron chi connectivity index (χ3n) is 6.30. The number of ketones is 1. The van der Waals surface area contributed by atoms with E-state index in [9.17, 15) is 33.3 Å². The standard InChI is InChI=1S/C25H20F3N4O9P/c26-17-11-18(21(27)22(28)23(17)30-8-5-14(33)6-9-30)31-12-15(40-25(31)36)13-32(20-7-10-39-29-20)42(37,38)41-24(35)16-3-1-2-4-19(16)34/h1-5,7-8,10-11,15,34H,6,9,12-13H2,(H,37,38)/t15-/m1/s1. The minimum Gasteiger partial charge on any atom is -0.507 e. The number of phenolic OH excluding ortho intramolecular Hbond substituents is 1. The minimum absolute atomic E-state index is 0.0442. The Hall–Kier alpha value is -4.82. The number of hydrogen-bond acceptors (Lipinski definition) is 10. The van der Waals surface area contributed by atoms with Crippen molar-refractivity contribution in [1.82, 2.24) is 5.16 Å². The summed E-state index contributed by atoms with van der Waals surface area (Å²) in [7, 11) is -5.14. The number of aromatic nitrogens is 1. The van der Waals surface area contributed by atoms with Gasteiger partial charge in [0, 0.05) is 31.3 Å². The Balaban J connectivity index is 1.38.